The predicted octanol–water partition coefficient (Wildman–Crippen LogP) is 2.35. The minimum atomic E-state index is 0.281. The Morgan fingerprint density at radius 3 is 2.89 bits per heavy atom. The Kier molecular flexibility index (Phi) is 4.09. The Labute approximate surface area is 113 Å². The fraction of sp³-hybridized carbons (Fsp3) is 0.267. The van der Waals surface area contributed by atoms with Crippen molar-refractivity contribution in [3.8, 4) is 18.1 Å². The summed E-state index contributed by atoms with van der Waals surface area (Å²) in [5, 5.41) is 7.64. The summed E-state index contributed by atoms with van der Waals surface area (Å²) in [6.07, 6.45) is 7.17. The lowest BCUT2D eigenvalue weighted by Crippen LogP contribution is -2.03. The lowest BCUT2D eigenvalue weighted by atomic mass is 10.2. The van der Waals surface area contributed by atoms with Crippen molar-refractivity contribution in [3.05, 3.63) is 41.7 Å². The topological polar surface area (TPSA) is 39.1 Å². The first kappa shape index (κ1) is 13.0. The number of benzene rings is 1. The number of aromatic nitrogens is 2. The molecule has 0 unspecified atom stereocenters. The van der Waals surface area contributed by atoms with E-state index in [1.807, 2.05) is 44.4 Å². The number of rotatable bonds is 5. The Balaban J connectivity index is 2.07. The van der Waals surface area contributed by atoms with Gasteiger partial charge < -0.3 is 10.1 Å². The summed E-state index contributed by atoms with van der Waals surface area (Å²) in [6, 6.07) is 7.86. The van der Waals surface area contributed by atoms with E-state index in [0.717, 1.165) is 22.7 Å². The molecule has 2 rings (SSSR count). The van der Waals surface area contributed by atoms with E-state index in [4.69, 9.17) is 11.2 Å². The largest absolute Gasteiger partial charge is 0.481 e. The second-order valence-electron chi connectivity index (χ2n) is 4.26. The fourth-order valence-corrected chi connectivity index (χ4v) is 1.87. The van der Waals surface area contributed by atoms with Crippen LogP contribution in [-0.4, -0.2) is 16.4 Å². The van der Waals surface area contributed by atoms with Gasteiger partial charge in [0.15, 0.2) is 0 Å². The number of anilines is 1. The first-order valence-corrected chi connectivity index (χ1v) is 6.09. The van der Waals surface area contributed by atoms with Crippen LogP contribution in [0.4, 0.5) is 5.69 Å². The summed E-state index contributed by atoms with van der Waals surface area (Å²) >= 11 is 0. The average molecular weight is 255 g/mol. The van der Waals surface area contributed by atoms with Gasteiger partial charge in [-0.15, -0.1) is 6.42 Å². The third kappa shape index (κ3) is 3.29. The lowest BCUT2D eigenvalue weighted by molar-refractivity contribution is 0.366. The minimum absolute atomic E-state index is 0.281. The van der Waals surface area contributed by atoms with Gasteiger partial charge in [-0.3, -0.25) is 4.68 Å². The Morgan fingerprint density at radius 2 is 2.21 bits per heavy atom. The van der Waals surface area contributed by atoms with Crippen molar-refractivity contribution in [2.45, 2.75) is 13.5 Å². The van der Waals surface area contributed by atoms with Crippen molar-refractivity contribution in [2.24, 2.45) is 7.05 Å². The van der Waals surface area contributed by atoms with Crippen molar-refractivity contribution >= 4 is 5.69 Å². The van der Waals surface area contributed by atoms with Gasteiger partial charge in [0.05, 0.1) is 11.4 Å². The van der Waals surface area contributed by atoms with E-state index in [1.54, 1.807) is 4.68 Å². The average Bonchev–Trinajstić information content (AvgIpc) is 2.73. The maximum atomic E-state index is 5.51. The number of para-hydroxylation sites is 1. The number of nitrogens with zero attached hydrogens (tertiary/aromatic N) is 2. The second kappa shape index (κ2) is 5.96. The molecule has 4 heteroatoms. The number of ether oxygens (including phenoxy) is 1. The molecule has 1 aromatic carbocycles. The van der Waals surface area contributed by atoms with Crippen LogP contribution in [-0.2, 0) is 13.6 Å². The lowest BCUT2D eigenvalue weighted by Gasteiger charge is -2.10. The molecule has 98 valence electrons. The van der Waals surface area contributed by atoms with Crippen LogP contribution in [0.15, 0.2) is 30.5 Å². The number of terminal acetylenes is 1. The van der Waals surface area contributed by atoms with E-state index in [0.29, 0.717) is 6.54 Å². The number of hydrogen-bond acceptors (Lipinski definition) is 3. The van der Waals surface area contributed by atoms with E-state index in [-0.39, 0.29) is 6.61 Å². The van der Waals surface area contributed by atoms with Gasteiger partial charge in [0.1, 0.15) is 12.4 Å². The Hall–Kier alpha value is -2.41. The highest BCUT2D eigenvalue weighted by molar-refractivity contribution is 5.47. The van der Waals surface area contributed by atoms with E-state index >= 15 is 0 Å². The predicted molar refractivity (Wildman–Crippen MR) is 76.0 cm³/mol. The highest BCUT2D eigenvalue weighted by Gasteiger charge is 2.05. The molecule has 19 heavy (non-hydrogen) atoms. The van der Waals surface area contributed by atoms with Crippen molar-refractivity contribution in [3.63, 3.8) is 0 Å². The normalized spacial score (nSPS) is 9.95. The first-order valence-electron chi connectivity index (χ1n) is 6.09. The van der Waals surface area contributed by atoms with E-state index in [9.17, 15) is 0 Å². The molecule has 0 amide bonds. The fourth-order valence-electron chi connectivity index (χ4n) is 1.87. The molecule has 1 N–H and O–H groups in total. The molecule has 0 aliphatic rings. The molecular formula is C15H17N3O. The number of aryl methyl sites for hydroxylation is 2. The smallest absolute Gasteiger partial charge is 0.148 e. The molecule has 0 aliphatic carbocycles. The first-order chi connectivity index (χ1) is 9.20. The second-order valence-corrected chi connectivity index (χ2v) is 4.26. The summed E-state index contributed by atoms with van der Waals surface area (Å²) in [4.78, 5) is 0. The van der Waals surface area contributed by atoms with Gasteiger partial charge in [0.2, 0.25) is 0 Å². The summed E-state index contributed by atoms with van der Waals surface area (Å²) < 4.78 is 7.30. The number of nitrogens with one attached hydrogen (secondary N) is 1. The summed E-state index contributed by atoms with van der Waals surface area (Å²) in [5.41, 5.74) is 3.07. The zero-order chi connectivity index (χ0) is 13.7. The molecule has 1 aromatic heterocycles. The Morgan fingerprint density at radius 1 is 1.42 bits per heavy atom. The highest BCUT2D eigenvalue weighted by Crippen LogP contribution is 2.20. The molecule has 4 nitrogen and oxygen atoms in total. The van der Waals surface area contributed by atoms with Crippen LogP contribution in [0.25, 0.3) is 0 Å². The van der Waals surface area contributed by atoms with Crippen LogP contribution in [0.1, 0.15) is 11.3 Å². The van der Waals surface area contributed by atoms with Crippen molar-refractivity contribution in [2.75, 3.05) is 11.9 Å². The molecule has 0 atom stereocenters. The van der Waals surface area contributed by atoms with Crippen LogP contribution >= 0.6 is 0 Å². The quantitative estimate of drug-likeness (QED) is 0.834. The molecule has 0 bridgehead atoms. The zero-order valence-electron chi connectivity index (χ0n) is 11.2. The third-order valence-electron chi connectivity index (χ3n) is 2.77. The maximum absolute atomic E-state index is 5.51. The molecule has 0 saturated carbocycles. The molecule has 0 radical (unpaired) electrons. The van der Waals surface area contributed by atoms with Gasteiger partial charge in [-0.2, -0.15) is 5.10 Å². The summed E-state index contributed by atoms with van der Waals surface area (Å²) in [6.45, 7) is 2.93. The van der Waals surface area contributed by atoms with Gasteiger partial charge in [0.25, 0.3) is 0 Å². The van der Waals surface area contributed by atoms with Crippen LogP contribution < -0.4 is 10.1 Å². The van der Waals surface area contributed by atoms with Crippen molar-refractivity contribution in [1.82, 2.24) is 9.78 Å². The van der Waals surface area contributed by atoms with Gasteiger partial charge in [-0.1, -0.05) is 24.1 Å². The van der Waals surface area contributed by atoms with Crippen LogP contribution in [0, 0.1) is 19.3 Å². The van der Waals surface area contributed by atoms with E-state index in [2.05, 4.69) is 16.3 Å². The van der Waals surface area contributed by atoms with Crippen LogP contribution in [0.2, 0.25) is 0 Å². The van der Waals surface area contributed by atoms with Crippen LogP contribution in [0.3, 0.4) is 0 Å². The summed E-state index contributed by atoms with van der Waals surface area (Å²) in [7, 11) is 1.90. The SMILES string of the molecule is C#CCOc1ccccc1CNc1cn(C)nc1C. The Bertz CT molecular complexity index is 596. The van der Waals surface area contributed by atoms with E-state index < -0.39 is 0 Å². The molecule has 1 heterocycles. The molecule has 0 spiro atoms. The number of hydrogen-bond donors (Lipinski definition) is 1. The van der Waals surface area contributed by atoms with Crippen LogP contribution in [0.5, 0.6) is 5.75 Å². The standard InChI is InChI=1S/C15H17N3O/c1-4-9-19-15-8-6-5-7-13(15)10-16-14-11-18(3)17-12(14)2/h1,5-8,11,16H,9-10H2,2-3H3. The van der Waals surface area contributed by atoms with Gasteiger partial charge >= 0.3 is 0 Å². The molecule has 0 fully saturated rings. The highest BCUT2D eigenvalue weighted by atomic mass is 16.5. The van der Waals surface area contributed by atoms with E-state index in [1.165, 1.54) is 0 Å². The molecule has 0 saturated heterocycles. The monoisotopic (exact) mass is 255 g/mol. The van der Waals surface area contributed by atoms with Gasteiger partial charge in [0, 0.05) is 25.4 Å². The van der Waals surface area contributed by atoms with Gasteiger partial charge in [-0.05, 0) is 13.0 Å². The van der Waals surface area contributed by atoms with Crippen molar-refractivity contribution < 1.29 is 4.74 Å². The van der Waals surface area contributed by atoms with Gasteiger partial charge in [-0.25, -0.2) is 0 Å². The third-order valence-corrected chi connectivity index (χ3v) is 2.77. The maximum Gasteiger partial charge on any atom is 0.148 e. The molecule has 0 aliphatic heterocycles. The summed E-state index contributed by atoms with van der Waals surface area (Å²) in [5.74, 6) is 3.29. The van der Waals surface area contributed by atoms with Crippen molar-refractivity contribution in [1.29, 1.82) is 0 Å². The minimum Gasteiger partial charge on any atom is -0.481 e. The zero-order valence-corrected chi connectivity index (χ0v) is 11.2. The molecular weight excluding hydrogens is 238 g/mol. The molecule has 2 aromatic rings.